The molecule has 0 aromatic carbocycles. The molecule has 0 aromatic heterocycles. The highest BCUT2D eigenvalue weighted by Gasteiger charge is 2.25. The average molecular weight is 257 g/mol. The summed E-state index contributed by atoms with van der Waals surface area (Å²) in [5.41, 5.74) is 5.61. The topological polar surface area (TPSA) is 66.6 Å². The van der Waals surface area contributed by atoms with Crippen LogP contribution in [-0.2, 0) is 9.59 Å². The summed E-state index contributed by atoms with van der Waals surface area (Å²) in [7, 11) is 1.66. The molecule has 0 radical (unpaired) electrons. The van der Waals surface area contributed by atoms with Gasteiger partial charge in [-0.1, -0.05) is 13.8 Å². The van der Waals surface area contributed by atoms with Gasteiger partial charge < -0.3 is 15.5 Å². The number of nitrogens with zero attached hydrogens (tertiary/aromatic N) is 2. The third kappa shape index (κ3) is 4.64. The summed E-state index contributed by atoms with van der Waals surface area (Å²) in [4.78, 5) is 27.2. The maximum atomic E-state index is 12.1. The van der Waals surface area contributed by atoms with Crippen LogP contribution in [0, 0.1) is 11.8 Å². The molecule has 0 saturated heterocycles. The molecular formula is C13H27N3O2. The molecule has 0 bridgehead atoms. The minimum absolute atomic E-state index is 0.0182. The van der Waals surface area contributed by atoms with E-state index in [2.05, 4.69) is 0 Å². The molecule has 0 aromatic rings. The van der Waals surface area contributed by atoms with Gasteiger partial charge in [0, 0.05) is 26.7 Å². The van der Waals surface area contributed by atoms with Crippen molar-refractivity contribution in [1.29, 1.82) is 0 Å². The standard InChI is InChI=1S/C13H27N3O2/c1-6-16(7-2)12(17)9-15(5)13(18)11(8-14)10(3)4/h10-11H,6-9,14H2,1-5H3. The Morgan fingerprint density at radius 3 is 2.00 bits per heavy atom. The van der Waals surface area contributed by atoms with E-state index in [0.717, 1.165) is 0 Å². The molecule has 0 rings (SSSR count). The summed E-state index contributed by atoms with van der Waals surface area (Å²) in [5.74, 6) is -0.0867. The van der Waals surface area contributed by atoms with Crippen LogP contribution in [0.4, 0.5) is 0 Å². The van der Waals surface area contributed by atoms with Crippen molar-refractivity contribution < 1.29 is 9.59 Å². The molecule has 0 aliphatic rings. The first kappa shape index (κ1) is 16.9. The van der Waals surface area contributed by atoms with Crippen molar-refractivity contribution in [3.8, 4) is 0 Å². The predicted molar refractivity (Wildman–Crippen MR) is 72.9 cm³/mol. The second-order valence-electron chi connectivity index (χ2n) is 4.85. The van der Waals surface area contributed by atoms with Crippen LogP contribution >= 0.6 is 0 Å². The maximum absolute atomic E-state index is 12.1. The number of carbonyl (C=O) groups is 2. The van der Waals surface area contributed by atoms with Crippen molar-refractivity contribution in [2.45, 2.75) is 27.7 Å². The van der Waals surface area contributed by atoms with Crippen LogP contribution in [0.5, 0.6) is 0 Å². The second kappa shape index (κ2) is 8.08. The lowest BCUT2D eigenvalue weighted by Crippen LogP contribution is -2.45. The number of nitrogens with two attached hydrogens (primary N) is 1. The van der Waals surface area contributed by atoms with Crippen LogP contribution < -0.4 is 5.73 Å². The Morgan fingerprint density at radius 1 is 1.17 bits per heavy atom. The fourth-order valence-corrected chi connectivity index (χ4v) is 1.90. The molecule has 2 N–H and O–H groups in total. The average Bonchev–Trinajstić information content (AvgIpc) is 2.30. The third-order valence-corrected chi connectivity index (χ3v) is 3.24. The Hall–Kier alpha value is -1.10. The van der Waals surface area contributed by atoms with Gasteiger partial charge in [0.15, 0.2) is 0 Å². The Kier molecular flexibility index (Phi) is 7.59. The van der Waals surface area contributed by atoms with Gasteiger partial charge in [-0.2, -0.15) is 0 Å². The zero-order chi connectivity index (χ0) is 14.3. The monoisotopic (exact) mass is 257 g/mol. The zero-order valence-electron chi connectivity index (χ0n) is 12.3. The minimum Gasteiger partial charge on any atom is -0.342 e. The van der Waals surface area contributed by atoms with Crippen LogP contribution in [-0.4, -0.2) is 54.8 Å². The first-order chi connectivity index (χ1) is 8.38. The third-order valence-electron chi connectivity index (χ3n) is 3.24. The van der Waals surface area contributed by atoms with E-state index in [9.17, 15) is 9.59 Å². The Balaban J connectivity index is 4.52. The lowest BCUT2D eigenvalue weighted by atomic mass is 9.94. The molecule has 0 aliphatic heterocycles. The summed E-state index contributed by atoms with van der Waals surface area (Å²) in [6, 6.07) is 0. The Labute approximate surface area is 110 Å². The highest BCUT2D eigenvalue weighted by atomic mass is 16.2. The lowest BCUT2D eigenvalue weighted by molar-refractivity contribution is -0.142. The smallest absolute Gasteiger partial charge is 0.242 e. The Morgan fingerprint density at radius 2 is 1.67 bits per heavy atom. The minimum atomic E-state index is -0.209. The normalized spacial score (nSPS) is 12.4. The van der Waals surface area contributed by atoms with Crippen molar-refractivity contribution in [3.05, 3.63) is 0 Å². The lowest BCUT2D eigenvalue weighted by Gasteiger charge is -2.27. The number of carbonyl (C=O) groups excluding carboxylic acids is 2. The summed E-state index contributed by atoms with van der Waals surface area (Å²) in [5, 5.41) is 0. The molecule has 0 fully saturated rings. The summed E-state index contributed by atoms with van der Waals surface area (Å²) < 4.78 is 0. The van der Waals surface area contributed by atoms with Gasteiger partial charge in [0.1, 0.15) is 0 Å². The SMILES string of the molecule is CCN(CC)C(=O)CN(C)C(=O)C(CN)C(C)C. The van der Waals surface area contributed by atoms with E-state index < -0.39 is 0 Å². The molecule has 5 nitrogen and oxygen atoms in total. The quantitative estimate of drug-likeness (QED) is 0.724. The van der Waals surface area contributed by atoms with E-state index in [1.165, 1.54) is 4.90 Å². The van der Waals surface area contributed by atoms with Gasteiger partial charge in [0.25, 0.3) is 0 Å². The van der Waals surface area contributed by atoms with Crippen molar-refractivity contribution in [3.63, 3.8) is 0 Å². The van der Waals surface area contributed by atoms with Gasteiger partial charge in [0.2, 0.25) is 11.8 Å². The molecule has 0 spiro atoms. The fraction of sp³-hybridized carbons (Fsp3) is 0.846. The second-order valence-corrected chi connectivity index (χ2v) is 4.85. The summed E-state index contributed by atoms with van der Waals surface area (Å²) in [6.45, 7) is 9.58. The molecule has 1 atom stereocenters. The van der Waals surface area contributed by atoms with Gasteiger partial charge in [0.05, 0.1) is 12.5 Å². The Bertz CT molecular complexity index is 275. The molecule has 1 unspecified atom stereocenters. The van der Waals surface area contributed by atoms with Gasteiger partial charge in [-0.3, -0.25) is 9.59 Å². The van der Waals surface area contributed by atoms with E-state index in [4.69, 9.17) is 5.73 Å². The van der Waals surface area contributed by atoms with Gasteiger partial charge in [-0.15, -0.1) is 0 Å². The van der Waals surface area contributed by atoms with Gasteiger partial charge in [-0.05, 0) is 19.8 Å². The number of amides is 2. The van der Waals surface area contributed by atoms with Crippen molar-refractivity contribution in [2.75, 3.05) is 33.2 Å². The van der Waals surface area contributed by atoms with E-state index in [0.29, 0.717) is 19.6 Å². The number of rotatable bonds is 7. The molecule has 2 amide bonds. The molecular weight excluding hydrogens is 230 g/mol. The summed E-state index contributed by atoms with van der Waals surface area (Å²) in [6.07, 6.45) is 0. The molecule has 5 heteroatoms. The number of likely N-dealkylation sites (N-methyl/N-ethyl adjacent to an activating group) is 2. The van der Waals surface area contributed by atoms with Crippen molar-refractivity contribution >= 4 is 11.8 Å². The van der Waals surface area contributed by atoms with Crippen LogP contribution in [0.15, 0.2) is 0 Å². The van der Waals surface area contributed by atoms with Crippen LogP contribution in [0.1, 0.15) is 27.7 Å². The fourth-order valence-electron chi connectivity index (χ4n) is 1.90. The van der Waals surface area contributed by atoms with E-state index in [1.54, 1.807) is 11.9 Å². The number of hydrogen-bond donors (Lipinski definition) is 1. The predicted octanol–water partition coefficient (Wildman–Crippen LogP) is 0.544. The van der Waals surface area contributed by atoms with Crippen LogP contribution in [0.25, 0.3) is 0 Å². The van der Waals surface area contributed by atoms with Crippen LogP contribution in [0.3, 0.4) is 0 Å². The molecule has 0 aliphatic carbocycles. The van der Waals surface area contributed by atoms with Crippen molar-refractivity contribution in [1.82, 2.24) is 9.80 Å². The van der Waals surface area contributed by atoms with Gasteiger partial charge >= 0.3 is 0 Å². The highest BCUT2D eigenvalue weighted by molar-refractivity contribution is 5.86. The van der Waals surface area contributed by atoms with Gasteiger partial charge in [-0.25, -0.2) is 0 Å². The van der Waals surface area contributed by atoms with Crippen molar-refractivity contribution in [2.24, 2.45) is 17.6 Å². The highest BCUT2D eigenvalue weighted by Crippen LogP contribution is 2.12. The largest absolute Gasteiger partial charge is 0.342 e. The van der Waals surface area contributed by atoms with E-state index in [1.807, 2.05) is 27.7 Å². The van der Waals surface area contributed by atoms with E-state index in [-0.39, 0.29) is 30.2 Å². The molecule has 18 heavy (non-hydrogen) atoms. The summed E-state index contributed by atoms with van der Waals surface area (Å²) >= 11 is 0. The van der Waals surface area contributed by atoms with Crippen LogP contribution in [0.2, 0.25) is 0 Å². The van der Waals surface area contributed by atoms with E-state index >= 15 is 0 Å². The first-order valence-electron chi connectivity index (χ1n) is 6.61. The number of hydrogen-bond acceptors (Lipinski definition) is 3. The first-order valence-corrected chi connectivity index (χ1v) is 6.61. The maximum Gasteiger partial charge on any atom is 0.242 e. The molecule has 0 saturated carbocycles. The molecule has 106 valence electrons. The molecule has 0 heterocycles. The zero-order valence-corrected chi connectivity index (χ0v) is 12.3.